The Kier molecular flexibility index (Phi) is 3.40. The van der Waals surface area contributed by atoms with Gasteiger partial charge in [0, 0.05) is 0 Å². The van der Waals surface area contributed by atoms with Crippen LogP contribution in [0.5, 0.6) is 0 Å². The summed E-state index contributed by atoms with van der Waals surface area (Å²) in [5.74, 6) is 0. The van der Waals surface area contributed by atoms with Crippen LogP contribution in [0.2, 0.25) is 0 Å². The molecular formula is C14H13NO2. The number of carbonyl (C=O) groups is 1. The quantitative estimate of drug-likeness (QED) is 0.784. The molecular weight excluding hydrogens is 214 g/mol. The van der Waals surface area contributed by atoms with Gasteiger partial charge in [0.15, 0.2) is 0 Å². The molecule has 0 unspecified atom stereocenters. The molecule has 2 aromatic rings. The molecule has 0 saturated heterocycles. The predicted molar refractivity (Wildman–Crippen MR) is 67.4 cm³/mol. The fourth-order valence-corrected chi connectivity index (χ4v) is 1.61. The topological polar surface area (TPSA) is 29.5 Å². The summed E-state index contributed by atoms with van der Waals surface area (Å²) in [6.07, 6.45) is -0.401. The van der Waals surface area contributed by atoms with E-state index in [4.69, 9.17) is 4.74 Å². The molecule has 3 heteroatoms. The smallest absolute Gasteiger partial charge is 0.418 e. The van der Waals surface area contributed by atoms with Gasteiger partial charge in [-0.05, 0) is 24.3 Å². The van der Waals surface area contributed by atoms with Crippen molar-refractivity contribution in [2.75, 3.05) is 12.0 Å². The molecule has 0 spiro atoms. The molecule has 0 heterocycles. The highest BCUT2D eigenvalue weighted by molar-refractivity contribution is 5.95. The van der Waals surface area contributed by atoms with E-state index in [0.29, 0.717) is 0 Å². The van der Waals surface area contributed by atoms with E-state index in [9.17, 15) is 4.79 Å². The summed E-state index contributed by atoms with van der Waals surface area (Å²) in [5, 5.41) is 0. The average Bonchev–Trinajstić information content (AvgIpc) is 2.41. The Morgan fingerprint density at radius 1 is 0.882 bits per heavy atom. The van der Waals surface area contributed by atoms with Crippen molar-refractivity contribution in [3.05, 3.63) is 60.7 Å². The lowest BCUT2D eigenvalue weighted by molar-refractivity contribution is 0.181. The monoisotopic (exact) mass is 227 g/mol. The summed E-state index contributed by atoms with van der Waals surface area (Å²) in [5.41, 5.74) is 1.57. The number of nitrogens with zero attached hydrogens (tertiary/aromatic N) is 1. The number of anilines is 2. The highest BCUT2D eigenvalue weighted by atomic mass is 16.5. The molecule has 0 aliphatic carbocycles. The lowest BCUT2D eigenvalue weighted by Gasteiger charge is -2.21. The number of methoxy groups -OCH3 is 1. The summed E-state index contributed by atoms with van der Waals surface area (Å²) in [7, 11) is 1.38. The third-order valence-corrected chi connectivity index (χ3v) is 2.39. The molecule has 0 fully saturated rings. The highest BCUT2D eigenvalue weighted by Crippen LogP contribution is 2.25. The standard InChI is InChI=1S/C14H13NO2/c1-17-14(16)15(12-8-4-2-5-9-12)13-10-6-3-7-11-13/h2-11H,1H3. The summed E-state index contributed by atoms with van der Waals surface area (Å²) < 4.78 is 4.81. The van der Waals surface area contributed by atoms with Crippen LogP contribution in [0.25, 0.3) is 0 Å². The summed E-state index contributed by atoms with van der Waals surface area (Å²) in [4.78, 5) is 13.3. The summed E-state index contributed by atoms with van der Waals surface area (Å²) in [6.45, 7) is 0. The molecule has 0 aliphatic rings. The van der Waals surface area contributed by atoms with Gasteiger partial charge in [-0.3, -0.25) is 0 Å². The van der Waals surface area contributed by atoms with E-state index < -0.39 is 6.09 Å². The maximum absolute atomic E-state index is 11.8. The SMILES string of the molecule is COC(=O)N(c1ccccc1)c1ccccc1. The van der Waals surface area contributed by atoms with E-state index in [1.165, 1.54) is 12.0 Å². The molecule has 0 radical (unpaired) electrons. The number of carbonyl (C=O) groups excluding carboxylic acids is 1. The van der Waals surface area contributed by atoms with Gasteiger partial charge in [-0.15, -0.1) is 0 Å². The van der Waals surface area contributed by atoms with Crippen molar-refractivity contribution in [2.24, 2.45) is 0 Å². The van der Waals surface area contributed by atoms with Gasteiger partial charge in [-0.25, -0.2) is 9.69 Å². The second-order valence-corrected chi connectivity index (χ2v) is 3.48. The van der Waals surface area contributed by atoms with Crippen molar-refractivity contribution in [2.45, 2.75) is 0 Å². The van der Waals surface area contributed by atoms with Gasteiger partial charge >= 0.3 is 6.09 Å². The summed E-state index contributed by atoms with van der Waals surface area (Å²) >= 11 is 0. The van der Waals surface area contributed by atoms with Crippen LogP contribution in [-0.2, 0) is 4.74 Å². The normalized spacial score (nSPS) is 9.71. The first-order chi connectivity index (χ1) is 8.33. The van der Waals surface area contributed by atoms with Crippen molar-refractivity contribution in [3.63, 3.8) is 0 Å². The number of hydrogen-bond acceptors (Lipinski definition) is 2. The first-order valence-electron chi connectivity index (χ1n) is 5.31. The predicted octanol–water partition coefficient (Wildman–Crippen LogP) is 3.59. The number of amides is 1. The third-order valence-electron chi connectivity index (χ3n) is 2.39. The van der Waals surface area contributed by atoms with Crippen molar-refractivity contribution >= 4 is 17.5 Å². The van der Waals surface area contributed by atoms with E-state index >= 15 is 0 Å². The lowest BCUT2D eigenvalue weighted by Crippen LogP contribution is -2.25. The second-order valence-electron chi connectivity index (χ2n) is 3.48. The van der Waals surface area contributed by atoms with E-state index in [2.05, 4.69) is 0 Å². The first kappa shape index (κ1) is 11.2. The molecule has 3 nitrogen and oxygen atoms in total. The Morgan fingerprint density at radius 3 is 1.65 bits per heavy atom. The van der Waals surface area contributed by atoms with E-state index in [0.717, 1.165) is 11.4 Å². The zero-order valence-corrected chi connectivity index (χ0v) is 9.54. The Hall–Kier alpha value is -2.29. The minimum atomic E-state index is -0.401. The number of para-hydroxylation sites is 2. The van der Waals surface area contributed by atoms with Crippen molar-refractivity contribution in [1.82, 2.24) is 0 Å². The van der Waals surface area contributed by atoms with Gasteiger partial charge in [-0.2, -0.15) is 0 Å². The van der Waals surface area contributed by atoms with Gasteiger partial charge < -0.3 is 4.74 Å². The van der Waals surface area contributed by atoms with Crippen LogP contribution in [0.1, 0.15) is 0 Å². The molecule has 0 atom stereocenters. The molecule has 0 aromatic heterocycles. The van der Waals surface area contributed by atoms with Crippen molar-refractivity contribution in [1.29, 1.82) is 0 Å². The van der Waals surface area contributed by atoms with E-state index in [1.807, 2.05) is 60.7 Å². The zero-order valence-electron chi connectivity index (χ0n) is 9.54. The molecule has 1 amide bonds. The maximum atomic E-state index is 11.8. The van der Waals surface area contributed by atoms with Gasteiger partial charge in [-0.1, -0.05) is 36.4 Å². The fourth-order valence-electron chi connectivity index (χ4n) is 1.61. The Bertz CT molecular complexity index is 443. The minimum absolute atomic E-state index is 0.401. The van der Waals surface area contributed by atoms with Crippen molar-refractivity contribution < 1.29 is 9.53 Å². The highest BCUT2D eigenvalue weighted by Gasteiger charge is 2.17. The Morgan fingerprint density at radius 2 is 1.29 bits per heavy atom. The van der Waals surface area contributed by atoms with Crippen LogP contribution in [-0.4, -0.2) is 13.2 Å². The van der Waals surface area contributed by atoms with Gasteiger partial charge in [0.25, 0.3) is 0 Å². The molecule has 2 rings (SSSR count). The van der Waals surface area contributed by atoms with Crippen LogP contribution >= 0.6 is 0 Å². The van der Waals surface area contributed by atoms with Crippen LogP contribution in [0, 0.1) is 0 Å². The van der Waals surface area contributed by atoms with E-state index in [1.54, 1.807) is 0 Å². The van der Waals surface area contributed by atoms with Crippen LogP contribution in [0.15, 0.2) is 60.7 Å². The van der Waals surface area contributed by atoms with Crippen LogP contribution in [0.4, 0.5) is 16.2 Å². The largest absolute Gasteiger partial charge is 0.452 e. The molecule has 17 heavy (non-hydrogen) atoms. The lowest BCUT2D eigenvalue weighted by atomic mass is 10.2. The van der Waals surface area contributed by atoms with E-state index in [-0.39, 0.29) is 0 Å². The maximum Gasteiger partial charge on any atom is 0.418 e. The number of benzene rings is 2. The molecule has 86 valence electrons. The Labute approximate surface area is 100 Å². The first-order valence-corrected chi connectivity index (χ1v) is 5.31. The van der Waals surface area contributed by atoms with Gasteiger partial charge in [0.1, 0.15) is 0 Å². The third kappa shape index (κ3) is 2.45. The van der Waals surface area contributed by atoms with Crippen LogP contribution in [0.3, 0.4) is 0 Å². The average molecular weight is 227 g/mol. The second kappa shape index (κ2) is 5.16. The van der Waals surface area contributed by atoms with Gasteiger partial charge in [0.05, 0.1) is 18.5 Å². The Balaban J connectivity index is 2.43. The van der Waals surface area contributed by atoms with Gasteiger partial charge in [0.2, 0.25) is 0 Å². The molecule has 0 N–H and O–H groups in total. The van der Waals surface area contributed by atoms with Crippen molar-refractivity contribution in [3.8, 4) is 0 Å². The summed E-state index contributed by atoms with van der Waals surface area (Å²) in [6, 6.07) is 18.8. The zero-order chi connectivity index (χ0) is 12.1. The fraction of sp³-hybridized carbons (Fsp3) is 0.0714. The molecule has 2 aromatic carbocycles. The van der Waals surface area contributed by atoms with Crippen LogP contribution < -0.4 is 4.90 Å². The minimum Gasteiger partial charge on any atom is -0.452 e. The molecule has 0 saturated carbocycles. The number of hydrogen-bond donors (Lipinski definition) is 0. The number of rotatable bonds is 2. The molecule has 0 bridgehead atoms. The number of ether oxygens (including phenoxy) is 1. The molecule has 0 aliphatic heterocycles.